The maximum Gasteiger partial charge on any atom is 0.416 e. The second-order valence-corrected chi connectivity index (χ2v) is 10.7. The van der Waals surface area contributed by atoms with Gasteiger partial charge in [-0.25, -0.2) is 8.78 Å². The maximum atomic E-state index is 15.6. The van der Waals surface area contributed by atoms with Gasteiger partial charge in [0.1, 0.15) is 5.82 Å². The van der Waals surface area contributed by atoms with Crippen molar-refractivity contribution in [3.63, 3.8) is 0 Å². The third-order valence-electron chi connectivity index (χ3n) is 7.47. The molecule has 40 heavy (non-hydrogen) atoms. The summed E-state index contributed by atoms with van der Waals surface area (Å²) in [5.41, 5.74) is 6.79. The molecule has 3 unspecified atom stereocenters. The third-order valence-corrected chi connectivity index (χ3v) is 8.71. The topological polar surface area (TPSA) is 58.7 Å². The van der Waals surface area contributed by atoms with E-state index in [1.807, 2.05) is 30.3 Å². The fourth-order valence-electron chi connectivity index (χ4n) is 5.44. The molecule has 3 aromatic rings. The van der Waals surface area contributed by atoms with Crippen molar-refractivity contribution in [2.45, 2.75) is 37.8 Å². The van der Waals surface area contributed by atoms with Crippen molar-refractivity contribution in [1.82, 2.24) is 4.90 Å². The van der Waals surface area contributed by atoms with Crippen molar-refractivity contribution in [1.29, 1.82) is 0 Å². The van der Waals surface area contributed by atoms with Crippen LogP contribution >= 0.6 is 11.8 Å². The Morgan fingerprint density at radius 2 is 1.75 bits per heavy atom. The summed E-state index contributed by atoms with van der Waals surface area (Å²) in [5.74, 6) is -1.36. The number of thioether (sulfide) groups is 1. The quantitative estimate of drug-likeness (QED) is 0.322. The molecule has 3 N–H and O–H groups in total. The number of allylic oxidation sites excluding steroid dienone is 2. The lowest BCUT2D eigenvalue weighted by Crippen LogP contribution is -2.47. The molecule has 0 aliphatic carbocycles. The molecule has 3 atom stereocenters. The number of rotatable bonds is 6. The van der Waals surface area contributed by atoms with Gasteiger partial charge in [-0.1, -0.05) is 48.5 Å². The van der Waals surface area contributed by atoms with Crippen LogP contribution in [0.1, 0.15) is 35.2 Å². The zero-order valence-electron chi connectivity index (χ0n) is 21.7. The molecule has 0 saturated carbocycles. The first kappa shape index (κ1) is 28.2. The maximum absolute atomic E-state index is 15.6. The van der Waals surface area contributed by atoms with Crippen molar-refractivity contribution >= 4 is 17.3 Å². The zero-order valence-corrected chi connectivity index (χ0v) is 22.5. The Bertz CT molecular complexity index is 1490. The number of nitrogens with zero attached hydrogens (tertiary/aromatic N) is 1. The van der Waals surface area contributed by atoms with Gasteiger partial charge < -0.3 is 20.5 Å². The summed E-state index contributed by atoms with van der Waals surface area (Å²) in [6.07, 6.45) is -6.56. The number of aliphatic hydroxyl groups excluding tert-OH is 1. The molecule has 1 fully saturated rings. The molecule has 0 amide bonds. The second-order valence-electron chi connectivity index (χ2n) is 9.68. The molecule has 0 radical (unpaired) electrons. The third kappa shape index (κ3) is 4.88. The average Bonchev–Trinajstić information content (AvgIpc) is 3.37. The van der Waals surface area contributed by atoms with Gasteiger partial charge in [0.2, 0.25) is 0 Å². The molecule has 2 aliphatic rings. The van der Waals surface area contributed by atoms with E-state index >= 15 is 4.39 Å². The van der Waals surface area contributed by atoms with E-state index in [-0.39, 0.29) is 16.9 Å². The molecule has 3 aromatic carbocycles. The lowest BCUT2D eigenvalue weighted by Gasteiger charge is -2.41. The number of methoxy groups -OCH3 is 1. The van der Waals surface area contributed by atoms with Gasteiger partial charge in [-0.15, -0.1) is 11.8 Å². The molecule has 0 bridgehead atoms. The van der Waals surface area contributed by atoms with Gasteiger partial charge in [-0.2, -0.15) is 13.2 Å². The first-order valence-electron chi connectivity index (χ1n) is 12.6. The van der Waals surface area contributed by atoms with E-state index in [4.69, 9.17) is 10.5 Å². The number of benzene rings is 3. The number of nitrogens with two attached hydrogens (primary N) is 1. The summed E-state index contributed by atoms with van der Waals surface area (Å²) in [6, 6.07) is 15.5. The summed E-state index contributed by atoms with van der Waals surface area (Å²) >= 11 is 1.33. The van der Waals surface area contributed by atoms with Crippen LogP contribution in [0.5, 0.6) is 5.75 Å². The van der Waals surface area contributed by atoms with Gasteiger partial charge in [0.25, 0.3) is 0 Å². The Balaban J connectivity index is 1.70. The molecular weight excluding hydrogens is 547 g/mol. The molecule has 0 spiro atoms. The fraction of sp³-hybridized carbons (Fsp3) is 0.267. The molecule has 4 nitrogen and oxygen atoms in total. The van der Waals surface area contributed by atoms with Crippen LogP contribution in [-0.2, 0) is 12.6 Å². The summed E-state index contributed by atoms with van der Waals surface area (Å²) in [4.78, 5) is 1.63. The number of alkyl halides is 3. The Kier molecular flexibility index (Phi) is 7.69. The number of halogens is 5. The standard InChI is InChI=1S/C30H27F5N2O2S/c1-16-19(14-20-21(30(33,34)35)11-7-12-22(20)31)29-37(23(15-40-29)27(36)17-8-4-3-5-9-17)28(38)25(16)18-10-6-13-24(39-2)26(18)32/h3-13,23,27-28,38H,14-15,36H2,1-2H3. The van der Waals surface area contributed by atoms with Crippen LogP contribution in [0.3, 0.4) is 0 Å². The van der Waals surface area contributed by atoms with Crippen molar-refractivity contribution in [2.24, 2.45) is 5.73 Å². The first-order chi connectivity index (χ1) is 19.0. The summed E-state index contributed by atoms with van der Waals surface area (Å²) < 4.78 is 77.4. The van der Waals surface area contributed by atoms with Gasteiger partial charge in [-0.3, -0.25) is 0 Å². The zero-order chi connectivity index (χ0) is 28.8. The minimum atomic E-state index is -4.78. The normalized spacial score (nSPS) is 20.2. The highest BCUT2D eigenvalue weighted by atomic mass is 32.2. The van der Waals surface area contributed by atoms with Gasteiger partial charge in [-0.05, 0) is 41.8 Å². The minimum absolute atomic E-state index is 0.0365. The first-order valence-corrected chi connectivity index (χ1v) is 13.5. The monoisotopic (exact) mass is 574 g/mol. The van der Waals surface area contributed by atoms with Crippen LogP contribution in [-0.4, -0.2) is 35.1 Å². The van der Waals surface area contributed by atoms with Crippen LogP contribution in [0.15, 0.2) is 82.9 Å². The Hall–Kier alpha value is -3.34. The number of hydrogen-bond acceptors (Lipinski definition) is 5. The molecule has 5 rings (SSSR count). The molecule has 210 valence electrons. The lowest BCUT2D eigenvalue weighted by atomic mass is 9.86. The van der Waals surface area contributed by atoms with Crippen LogP contribution in [0, 0.1) is 11.6 Å². The highest BCUT2D eigenvalue weighted by Crippen LogP contribution is 2.50. The Morgan fingerprint density at radius 1 is 1.05 bits per heavy atom. The second kappa shape index (κ2) is 10.9. The average molecular weight is 575 g/mol. The number of ether oxygens (including phenoxy) is 1. The number of hydrogen-bond donors (Lipinski definition) is 2. The van der Waals surface area contributed by atoms with Gasteiger partial charge >= 0.3 is 6.18 Å². The van der Waals surface area contributed by atoms with E-state index in [9.17, 15) is 22.7 Å². The predicted octanol–water partition coefficient (Wildman–Crippen LogP) is 6.67. The van der Waals surface area contributed by atoms with Gasteiger partial charge in [0.15, 0.2) is 17.8 Å². The van der Waals surface area contributed by atoms with Crippen LogP contribution in [0.4, 0.5) is 22.0 Å². The van der Waals surface area contributed by atoms with E-state index in [2.05, 4.69) is 0 Å². The van der Waals surface area contributed by atoms with Crippen LogP contribution in [0.2, 0.25) is 0 Å². The van der Waals surface area contributed by atoms with Crippen molar-refractivity contribution < 1.29 is 31.8 Å². The molecule has 0 aromatic heterocycles. The van der Waals surface area contributed by atoms with Crippen LogP contribution in [0.25, 0.3) is 5.57 Å². The van der Waals surface area contributed by atoms with E-state index < -0.39 is 53.7 Å². The Morgan fingerprint density at radius 3 is 2.42 bits per heavy atom. The molecule has 10 heteroatoms. The largest absolute Gasteiger partial charge is 0.494 e. The van der Waals surface area contributed by atoms with Gasteiger partial charge in [0.05, 0.1) is 29.8 Å². The molecule has 2 aliphatic heterocycles. The highest BCUT2D eigenvalue weighted by molar-refractivity contribution is 8.03. The predicted molar refractivity (Wildman–Crippen MR) is 145 cm³/mol. The van der Waals surface area contributed by atoms with Crippen LogP contribution < -0.4 is 10.5 Å². The van der Waals surface area contributed by atoms with E-state index in [1.165, 1.54) is 31.0 Å². The lowest BCUT2D eigenvalue weighted by molar-refractivity contribution is -0.138. The SMILES string of the molecule is COc1cccc(C2=C(C)C(Cc3c(F)cccc3C(F)(F)F)=C3SCC(C(N)c4ccccc4)N3C2O)c1F. The van der Waals surface area contributed by atoms with Crippen molar-refractivity contribution in [2.75, 3.05) is 12.9 Å². The van der Waals surface area contributed by atoms with Crippen molar-refractivity contribution in [3.05, 3.63) is 117 Å². The van der Waals surface area contributed by atoms with Gasteiger partial charge in [0, 0.05) is 28.9 Å². The minimum Gasteiger partial charge on any atom is -0.494 e. The Labute approximate surface area is 232 Å². The molecular formula is C30H27F5N2O2S. The number of fused-ring (bicyclic) bond motifs is 1. The highest BCUT2D eigenvalue weighted by Gasteiger charge is 2.45. The van der Waals surface area contributed by atoms with Crippen molar-refractivity contribution in [3.8, 4) is 5.75 Å². The summed E-state index contributed by atoms with van der Waals surface area (Å²) in [6.45, 7) is 1.61. The van der Waals surface area contributed by atoms with E-state index in [1.54, 1.807) is 17.9 Å². The summed E-state index contributed by atoms with van der Waals surface area (Å²) in [5, 5.41) is 12.2. The summed E-state index contributed by atoms with van der Waals surface area (Å²) in [7, 11) is 1.31. The molecule has 1 saturated heterocycles. The van der Waals surface area contributed by atoms with E-state index in [0.717, 1.165) is 23.8 Å². The van der Waals surface area contributed by atoms with E-state index in [0.29, 0.717) is 21.9 Å². The smallest absolute Gasteiger partial charge is 0.416 e. The number of aliphatic hydroxyl groups is 1. The molecule has 2 heterocycles. The fourth-order valence-corrected chi connectivity index (χ4v) is 6.92.